The van der Waals surface area contributed by atoms with E-state index in [0.29, 0.717) is 25.8 Å². The minimum atomic E-state index is -0.122. The van der Waals surface area contributed by atoms with Crippen LogP contribution in [0.25, 0.3) is 0 Å². The largest absolute Gasteiger partial charge is 0.494 e. The molecule has 0 radical (unpaired) electrons. The molecule has 0 saturated heterocycles. The van der Waals surface area contributed by atoms with Gasteiger partial charge in [0.15, 0.2) is 0 Å². The summed E-state index contributed by atoms with van der Waals surface area (Å²) in [5, 5.41) is 0. The van der Waals surface area contributed by atoms with Crippen molar-refractivity contribution in [3.8, 4) is 5.75 Å². The standard InChI is InChI=1S/C16H23NO3/c1-2-19-16(18)13-17(14-9-10-14)11-6-12-20-15-7-4-3-5-8-15/h3-5,7-8,14H,2,6,9-13H2,1H3. The molecule has 0 amide bonds. The predicted molar refractivity (Wildman–Crippen MR) is 77.8 cm³/mol. The van der Waals surface area contributed by atoms with Crippen LogP contribution in [0.5, 0.6) is 5.75 Å². The molecular formula is C16H23NO3. The van der Waals surface area contributed by atoms with E-state index in [9.17, 15) is 4.79 Å². The zero-order valence-corrected chi connectivity index (χ0v) is 12.1. The molecule has 1 aliphatic carbocycles. The van der Waals surface area contributed by atoms with Gasteiger partial charge in [-0.05, 0) is 38.3 Å². The third-order valence-electron chi connectivity index (χ3n) is 3.30. The molecule has 20 heavy (non-hydrogen) atoms. The molecule has 0 atom stereocenters. The maximum Gasteiger partial charge on any atom is 0.320 e. The van der Waals surface area contributed by atoms with E-state index in [0.717, 1.165) is 18.7 Å². The Balaban J connectivity index is 1.66. The Morgan fingerprint density at radius 3 is 2.70 bits per heavy atom. The van der Waals surface area contributed by atoms with E-state index in [2.05, 4.69) is 4.90 Å². The molecule has 1 saturated carbocycles. The summed E-state index contributed by atoms with van der Waals surface area (Å²) in [5.41, 5.74) is 0. The molecule has 1 aromatic rings. The maximum absolute atomic E-state index is 11.5. The molecular weight excluding hydrogens is 254 g/mol. The van der Waals surface area contributed by atoms with Gasteiger partial charge in [-0.2, -0.15) is 0 Å². The van der Waals surface area contributed by atoms with Gasteiger partial charge in [0.25, 0.3) is 0 Å². The lowest BCUT2D eigenvalue weighted by molar-refractivity contribution is -0.144. The first-order valence-electron chi connectivity index (χ1n) is 7.37. The highest BCUT2D eigenvalue weighted by Gasteiger charge is 2.30. The number of hydrogen-bond acceptors (Lipinski definition) is 4. The Morgan fingerprint density at radius 1 is 1.30 bits per heavy atom. The van der Waals surface area contributed by atoms with Crippen molar-refractivity contribution >= 4 is 5.97 Å². The molecule has 0 aliphatic heterocycles. The van der Waals surface area contributed by atoms with E-state index in [1.54, 1.807) is 0 Å². The number of hydrogen-bond donors (Lipinski definition) is 0. The lowest BCUT2D eigenvalue weighted by Crippen LogP contribution is -2.34. The van der Waals surface area contributed by atoms with Crippen molar-refractivity contribution in [2.24, 2.45) is 0 Å². The highest BCUT2D eigenvalue weighted by Crippen LogP contribution is 2.26. The lowest BCUT2D eigenvalue weighted by atomic mass is 10.3. The average Bonchev–Trinajstić information content (AvgIpc) is 3.28. The average molecular weight is 277 g/mol. The molecule has 0 bridgehead atoms. The summed E-state index contributed by atoms with van der Waals surface area (Å²) in [6, 6.07) is 10.4. The van der Waals surface area contributed by atoms with Gasteiger partial charge in [-0.25, -0.2) is 0 Å². The molecule has 1 fully saturated rings. The molecule has 1 aliphatic rings. The second kappa shape index (κ2) is 7.90. The van der Waals surface area contributed by atoms with Crippen LogP contribution in [0, 0.1) is 0 Å². The van der Waals surface area contributed by atoms with Crippen LogP contribution in [0.4, 0.5) is 0 Å². The Morgan fingerprint density at radius 2 is 2.05 bits per heavy atom. The van der Waals surface area contributed by atoms with Gasteiger partial charge in [0.1, 0.15) is 5.75 Å². The molecule has 110 valence electrons. The summed E-state index contributed by atoms with van der Waals surface area (Å²) in [4.78, 5) is 13.8. The molecule has 0 heterocycles. The van der Waals surface area contributed by atoms with Crippen molar-refractivity contribution in [1.29, 1.82) is 0 Å². The number of para-hydroxylation sites is 1. The molecule has 4 nitrogen and oxygen atoms in total. The first-order valence-corrected chi connectivity index (χ1v) is 7.37. The third-order valence-corrected chi connectivity index (χ3v) is 3.30. The van der Waals surface area contributed by atoms with Gasteiger partial charge in [-0.15, -0.1) is 0 Å². The Bertz CT molecular complexity index is 403. The second-order valence-electron chi connectivity index (χ2n) is 5.02. The van der Waals surface area contributed by atoms with Gasteiger partial charge < -0.3 is 9.47 Å². The van der Waals surface area contributed by atoms with Crippen LogP contribution in [0.1, 0.15) is 26.2 Å². The summed E-state index contributed by atoms with van der Waals surface area (Å²) in [7, 11) is 0. The molecule has 4 heteroatoms. The fraction of sp³-hybridized carbons (Fsp3) is 0.562. The number of esters is 1. The summed E-state index contributed by atoms with van der Waals surface area (Å²) in [6.45, 7) is 4.26. The van der Waals surface area contributed by atoms with Crippen molar-refractivity contribution in [2.75, 3.05) is 26.3 Å². The van der Waals surface area contributed by atoms with Crippen molar-refractivity contribution in [2.45, 2.75) is 32.2 Å². The van der Waals surface area contributed by atoms with Gasteiger partial charge in [0.05, 0.1) is 19.8 Å². The summed E-state index contributed by atoms with van der Waals surface area (Å²) < 4.78 is 10.7. The van der Waals surface area contributed by atoms with Gasteiger partial charge >= 0.3 is 5.97 Å². The zero-order chi connectivity index (χ0) is 14.2. The first-order chi connectivity index (χ1) is 9.79. The highest BCUT2D eigenvalue weighted by atomic mass is 16.5. The molecule has 0 N–H and O–H groups in total. The van der Waals surface area contributed by atoms with Crippen LogP contribution >= 0.6 is 0 Å². The van der Waals surface area contributed by atoms with E-state index < -0.39 is 0 Å². The highest BCUT2D eigenvalue weighted by molar-refractivity contribution is 5.71. The number of ether oxygens (including phenoxy) is 2. The van der Waals surface area contributed by atoms with Crippen molar-refractivity contribution < 1.29 is 14.3 Å². The van der Waals surface area contributed by atoms with E-state index in [1.807, 2.05) is 37.3 Å². The summed E-state index contributed by atoms with van der Waals surface area (Å²) >= 11 is 0. The van der Waals surface area contributed by atoms with Crippen LogP contribution < -0.4 is 4.74 Å². The Kier molecular flexibility index (Phi) is 5.87. The Hall–Kier alpha value is -1.55. The van der Waals surface area contributed by atoms with E-state index in [1.165, 1.54) is 12.8 Å². The summed E-state index contributed by atoms with van der Waals surface area (Å²) in [5.74, 6) is 0.777. The molecule has 0 aromatic heterocycles. The topological polar surface area (TPSA) is 38.8 Å². The monoisotopic (exact) mass is 277 g/mol. The van der Waals surface area contributed by atoms with Gasteiger partial charge in [0.2, 0.25) is 0 Å². The van der Waals surface area contributed by atoms with Crippen LogP contribution in [0.3, 0.4) is 0 Å². The number of benzene rings is 1. The Labute approximate surface area is 120 Å². The fourth-order valence-electron chi connectivity index (χ4n) is 2.18. The van der Waals surface area contributed by atoms with Crippen LogP contribution in [0.15, 0.2) is 30.3 Å². The van der Waals surface area contributed by atoms with E-state index in [-0.39, 0.29) is 5.97 Å². The van der Waals surface area contributed by atoms with Crippen LogP contribution in [-0.4, -0.2) is 43.2 Å². The van der Waals surface area contributed by atoms with Crippen LogP contribution in [-0.2, 0) is 9.53 Å². The van der Waals surface area contributed by atoms with Crippen molar-refractivity contribution in [3.05, 3.63) is 30.3 Å². The zero-order valence-electron chi connectivity index (χ0n) is 12.1. The smallest absolute Gasteiger partial charge is 0.320 e. The third kappa shape index (κ3) is 5.21. The number of rotatable bonds is 9. The maximum atomic E-state index is 11.5. The fourth-order valence-corrected chi connectivity index (χ4v) is 2.18. The second-order valence-corrected chi connectivity index (χ2v) is 5.02. The van der Waals surface area contributed by atoms with Crippen molar-refractivity contribution in [1.82, 2.24) is 4.90 Å². The first kappa shape index (κ1) is 14.9. The lowest BCUT2D eigenvalue weighted by Gasteiger charge is -2.20. The SMILES string of the molecule is CCOC(=O)CN(CCCOc1ccccc1)C1CC1. The molecule has 0 spiro atoms. The van der Waals surface area contributed by atoms with E-state index in [4.69, 9.17) is 9.47 Å². The van der Waals surface area contributed by atoms with Gasteiger partial charge in [0, 0.05) is 12.6 Å². The number of carbonyl (C=O) groups is 1. The normalized spacial score (nSPS) is 14.3. The molecule has 1 aromatic carbocycles. The van der Waals surface area contributed by atoms with Crippen LogP contribution in [0.2, 0.25) is 0 Å². The molecule has 2 rings (SSSR count). The quantitative estimate of drug-likeness (QED) is 0.513. The minimum absolute atomic E-state index is 0.122. The minimum Gasteiger partial charge on any atom is -0.494 e. The molecule has 0 unspecified atom stereocenters. The summed E-state index contributed by atoms with van der Waals surface area (Å²) in [6.07, 6.45) is 3.31. The van der Waals surface area contributed by atoms with E-state index >= 15 is 0 Å². The van der Waals surface area contributed by atoms with Crippen molar-refractivity contribution in [3.63, 3.8) is 0 Å². The number of nitrogens with zero attached hydrogens (tertiary/aromatic N) is 1. The van der Waals surface area contributed by atoms with Gasteiger partial charge in [-0.1, -0.05) is 18.2 Å². The number of carbonyl (C=O) groups excluding carboxylic acids is 1. The predicted octanol–water partition coefficient (Wildman–Crippen LogP) is 2.48. The van der Waals surface area contributed by atoms with Gasteiger partial charge in [-0.3, -0.25) is 9.69 Å².